The lowest BCUT2D eigenvalue weighted by molar-refractivity contribution is -0.129. The van der Waals surface area contributed by atoms with Crippen molar-refractivity contribution in [1.82, 2.24) is 29.0 Å². The van der Waals surface area contributed by atoms with E-state index >= 15 is 0 Å². The molecule has 3 aromatic heterocycles. The van der Waals surface area contributed by atoms with Gasteiger partial charge in [-0.25, -0.2) is 13.8 Å². The van der Waals surface area contributed by atoms with Crippen molar-refractivity contribution in [3.8, 4) is 10.8 Å². The Hall–Kier alpha value is -3.84. The van der Waals surface area contributed by atoms with Crippen LogP contribution in [0.3, 0.4) is 0 Å². The lowest BCUT2D eigenvalue weighted by Gasteiger charge is -2.31. The molecule has 1 saturated carbocycles. The number of carbonyl (C=O) groups excluding carboxylic acids is 1. The second kappa shape index (κ2) is 11.7. The largest absolute Gasteiger partial charge is 0.496 e. The summed E-state index contributed by atoms with van der Waals surface area (Å²) < 4.78 is 29.5. The molecule has 0 bridgehead atoms. The summed E-state index contributed by atoms with van der Waals surface area (Å²) in [7, 11) is 3.17. The monoisotopic (exact) mass is 610 g/mol. The summed E-state index contributed by atoms with van der Waals surface area (Å²) in [4.78, 5) is 44.8. The number of carbonyl (C=O) groups is 1. The standard InChI is InChI=1S/C30H35FN6O5S/c1-17-5-8-20(9-6-17)42-24(21-15-19(31)7-10-23(21)41-4)16-35-29-25(18(2)28(43-29)37-32-12-13-33-37)27(39)36(30(35)40)22-11-14-34(3)26(22)38/h7,10,12-13,15,17,20,22,24H,5-6,8-9,11,14,16H2,1-4H3/t17?,20?,22-,24-/m0/s1. The number of amides is 1. The van der Waals surface area contributed by atoms with E-state index in [1.165, 1.54) is 57.2 Å². The van der Waals surface area contributed by atoms with Gasteiger partial charge in [0.2, 0.25) is 5.91 Å². The van der Waals surface area contributed by atoms with Crippen LogP contribution in [0.25, 0.3) is 15.2 Å². The maximum Gasteiger partial charge on any atom is 0.332 e. The molecule has 11 nitrogen and oxygen atoms in total. The van der Waals surface area contributed by atoms with Gasteiger partial charge in [0.1, 0.15) is 33.5 Å². The Balaban J connectivity index is 1.55. The number of ether oxygens (including phenoxy) is 2. The zero-order chi connectivity index (χ0) is 30.4. The van der Waals surface area contributed by atoms with Gasteiger partial charge in [0, 0.05) is 24.7 Å². The Kier molecular flexibility index (Phi) is 7.94. The molecule has 2 fully saturated rings. The maximum absolute atomic E-state index is 14.7. The quantitative estimate of drug-likeness (QED) is 0.296. The number of aromatic nitrogens is 5. The number of rotatable bonds is 8. The number of fused-ring (bicyclic) bond motifs is 1. The van der Waals surface area contributed by atoms with Crippen molar-refractivity contribution in [2.45, 2.75) is 70.7 Å². The fourth-order valence-corrected chi connectivity index (χ4v) is 7.50. The van der Waals surface area contributed by atoms with E-state index in [1.807, 2.05) is 0 Å². The number of likely N-dealkylation sites (N-methyl/N-ethyl adjacent to an activating group) is 1. The van der Waals surface area contributed by atoms with Crippen LogP contribution in [0.5, 0.6) is 5.75 Å². The van der Waals surface area contributed by atoms with Gasteiger partial charge < -0.3 is 14.4 Å². The Morgan fingerprint density at radius 1 is 1.09 bits per heavy atom. The van der Waals surface area contributed by atoms with E-state index in [9.17, 15) is 18.8 Å². The van der Waals surface area contributed by atoms with Crippen molar-refractivity contribution < 1.29 is 18.7 Å². The third-order valence-corrected chi connectivity index (χ3v) is 10.0. The fraction of sp³-hybridized carbons (Fsp3) is 0.500. The number of hydrogen-bond acceptors (Lipinski definition) is 8. The summed E-state index contributed by atoms with van der Waals surface area (Å²) in [5.74, 6) is 0.286. The summed E-state index contributed by atoms with van der Waals surface area (Å²) in [6, 6.07) is 3.32. The fourth-order valence-electron chi connectivity index (χ4n) is 6.28. The topological polar surface area (TPSA) is 113 Å². The maximum atomic E-state index is 14.7. The predicted molar refractivity (Wildman–Crippen MR) is 159 cm³/mol. The minimum atomic E-state index is -0.922. The van der Waals surface area contributed by atoms with E-state index in [-0.39, 0.29) is 18.6 Å². The molecular weight excluding hydrogens is 575 g/mol. The molecule has 2 atom stereocenters. The first kappa shape index (κ1) is 29.2. The number of nitrogens with zero attached hydrogens (tertiary/aromatic N) is 6. The minimum absolute atomic E-state index is 0.0237. The molecule has 4 aromatic rings. The van der Waals surface area contributed by atoms with Crippen LogP contribution in [0.4, 0.5) is 4.39 Å². The van der Waals surface area contributed by atoms with E-state index in [1.54, 1.807) is 20.0 Å². The molecule has 1 aromatic carbocycles. The molecule has 1 aliphatic carbocycles. The van der Waals surface area contributed by atoms with Crippen molar-refractivity contribution in [2.75, 3.05) is 20.7 Å². The molecule has 0 spiro atoms. The summed E-state index contributed by atoms with van der Waals surface area (Å²) in [5, 5.41) is 9.39. The van der Waals surface area contributed by atoms with Gasteiger partial charge in [-0.2, -0.15) is 10.2 Å². The molecule has 1 amide bonds. The average Bonchev–Trinajstić information content (AvgIpc) is 3.72. The molecule has 6 rings (SSSR count). The molecule has 43 heavy (non-hydrogen) atoms. The summed E-state index contributed by atoms with van der Waals surface area (Å²) in [6.45, 7) is 4.41. The highest BCUT2D eigenvalue weighted by molar-refractivity contribution is 7.21. The first-order chi connectivity index (χ1) is 20.7. The van der Waals surface area contributed by atoms with Crippen LogP contribution in [0.1, 0.15) is 62.3 Å². The van der Waals surface area contributed by atoms with Gasteiger partial charge >= 0.3 is 5.69 Å². The first-order valence-electron chi connectivity index (χ1n) is 14.6. The number of thiophene rings is 1. The normalized spacial score (nSPS) is 21.6. The van der Waals surface area contributed by atoms with E-state index in [2.05, 4.69) is 17.1 Å². The van der Waals surface area contributed by atoms with Crippen LogP contribution in [0, 0.1) is 18.7 Å². The zero-order valence-corrected chi connectivity index (χ0v) is 25.5. The van der Waals surface area contributed by atoms with Crippen molar-refractivity contribution in [3.63, 3.8) is 0 Å². The highest BCUT2D eigenvalue weighted by atomic mass is 32.1. The van der Waals surface area contributed by atoms with Gasteiger partial charge in [0.05, 0.1) is 37.5 Å². The summed E-state index contributed by atoms with van der Waals surface area (Å²) in [5.41, 5.74) is -0.0739. The van der Waals surface area contributed by atoms with Crippen molar-refractivity contribution in [2.24, 2.45) is 5.92 Å². The SMILES string of the molecule is COc1ccc(F)cc1[C@H](Cn1c(=O)n([C@H]2CCN(C)C2=O)c(=O)c2c(C)c(-n3nccn3)sc21)OC1CCC(C)CC1. The molecular formula is C30H35FN6O5S. The summed E-state index contributed by atoms with van der Waals surface area (Å²) in [6.07, 6.45) is 6.25. The smallest absolute Gasteiger partial charge is 0.332 e. The Morgan fingerprint density at radius 2 is 1.81 bits per heavy atom. The van der Waals surface area contributed by atoms with E-state index in [0.29, 0.717) is 51.0 Å². The Labute approximate surface area is 251 Å². The molecule has 0 radical (unpaired) electrons. The van der Waals surface area contributed by atoms with Gasteiger partial charge in [-0.1, -0.05) is 18.3 Å². The summed E-state index contributed by atoms with van der Waals surface area (Å²) >= 11 is 1.22. The molecule has 228 valence electrons. The van der Waals surface area contributed by atoms with E-state index < -0.39 is 29.2 Å². The number of methoxy groups -OCH3 is 1. The van der Waals surface area contributed by atoms with Crippen LogP contribution < -0.4 is 16.0 Å². The number of likely N-dealkylation sites (tertiary alicyclic amines) is 1. The van der Waals surface area contributed by atoms with Gasteiger partial charge in [0.25, 0.3) is 5.56 Å². The molecule has 0 N–H and O–H groups in total. The molecule has 4 heterocycles. The number of hydrogen-bond donors (Lipinski definition) is 0. The van der Waals surface area contributed by atoms with Gasteiger partial charge in [-0.05, 0) is 63.1 Å². The number of halogens is 1. The average molecular weight is 611 g/mol. The lowest BCUT2D eigenvalue weighted by atomic mass is 9.88. The van der Waals surface area contributed by atoms with E-state index in [0.717, 1.165) is 30.3 Å². The molecule has 2 aliphatic rings. The minimum Gasteiger partial charge on any atom is -0.496 e. The number of aryl methyl sites for hydroxylation is 1. The van der Waals surface area contributed by atoms with Gasteiger partial charge in [-0.15, -0.1) is 4.80 Å². The van der Waals surface area contributed by atoms with Crippen LogP contribution >= 0.6 is 11.3 Å². The molecule has 1 aliphatic heterocycles. The third-order valence-electron chi connectivity index (χ3n) is 8.74. The van der Waals surface area contributed by atoms with Crippen molar-refractivity contribution >= 4 is 27.5 Å². The first-order valence-corrected chi connectivity index (χ1v) is 15.4. The van der Waals surface area contributed by atoms with Crippen LogP contribution in [-0.2, 0) is 16.1 Å². The third kappa shape index (κ3) is 5.29. The lowest BCUT2D eigenvalue weighted by Crippen LogP contribution is -2.45. The van der Waals surface area contributed by atoms with E-state index in [4.69, 9.17) is 9.47 Å². The second-order valence-electron chi connectivity index (χ2n) is 11.6. The van der Waals surface area contributed by atoms with Crippen LogP contribution in [0.2, 0.25) is 0 Å². The molecule has 13 heteroatoms. The Bertz CT molecular complexity index is 1770. The number of benzene rings is 1. The van der Waals surface area contributed by atoms with Gasteiger partial charge in [0.15, 0.2) is 0 Å². The predicted octanol–water partition coefficient (Wildman–Crippen LogP) is 4.00. The van der Waals surface area contributed by atoms with Crippen LogP contribution in [0.15, 0.2) is 40.2 Å². The highest BCUT2D eigenvalue weighted by Gasteiger charge is 2.36. The highest BCUT2D eigenvalue weighted by Crippen LogP contribution is 2.37. The molecule has 1 saturated heterocycles. The van der Waals surface area contributed by atoms with Crippen molar-refractivity contribution in [3.05, 3.63) is 68.4 Å². The van der Waals surface area contributed by atoms with Gasteiger partial charge in [-0.3, -0.25) is 14.2 Å². The molecule has 0 unspecified atom stereocenters. The zero-order valence-electron chi connectivity index (χ0n) is 24.7. The Morgan fingerprint density at radius 3 is 2.47 bits per heavy atom. The van der Waals surface area contributed by atoms with Crippen LogP contribution in [-0.4, -0.2) is 61.7 Å². The van der Waals surface area contributed by atoms with Crippen molar-refractivity contribution in [1.29, 1.82) is 0 Å². The second-order valence-corrected chi connectivity index (χ2v) is 12.5.